The van der Waals surface area contributed by atoms with Crippen LogP contribution in [0.1, 0.15) is 42.3 Å². The molecule has 1 aromatic rings. The van der Waals surface area contributed by atoms with Crippen LogP contribution < -0.4 is 5.32 Å². The Balaban J connectivity index is 2.25. The lowest BCUT2D eigenvalue weighted by atomic mass is 10.1. The van der Waals surface area contributed by atoms with Crippen molar-refractivity contribution >= 4 is 34.6 Å². The molecule has 19 heavy (non-hydrogen) atoms. The van der Waals surface area contributed by atoms with E-state index in [4.69, 9.17) is 11.6 Å². The molecule has 0 aliphatic carbocycles. The normalized spacial score (nSPS) is 12.2. The van der Waals surface area contributed by atoms with Gasteiger partial charge in [0.15, 0.2) is 5.78 Å². The van der Waals surface area contributed by atoms with Gasteiger partial charge < -0.3 is 10.4 Å². The first-order valence-electron chi connectivity index (χ1n) is 6.26. The zero-order chi connectivity index (χ0) is 14.3. The van der Waals surface area contributed by atoms with Crippen LogP contribution in [-0.2, 0) is 4.79 Å². The zero-order valence-electron chi connectivity index (χ0n) is 10.8. The highest BCUT2D eigenvalue weighted by atomic mass is 35.5. The summed E-state index contributed by atoms with van der Waals surface area (Å²) in [6.45, 7) is 2.21. The standard InChI is InChI=1S/C13H18ClNO3S/c1-2-3-9(16)8-15-13(18)7-4-10(17)11-5-6-12(14)19-11/h5-6,9,16H,2-4,7-8H2,1H3,(H,15,18). The van der Waals surface area contributed by atoms with Crippen molar-refractivity contribution in [2.75, 3.05) is 6.54 Å². The van der Waals surface area contributed by atoms with Crippen LogP contribution in [0.25, 0.3) is 0 Å². The molecule has 0 radical (unpaired) electrons. The van der Waals surface area contributed by atoms with Gasteiger partial charge in [0.05, 0.1) is 15.3 Å². The van der Waals surface area contributed by atoms with Gasteiger partial charge in [-0.2, -0.15) is 0 Å². The number of rotatable bonds is 8. The van der Waals surface area contributed by atoms with Crippen LogP contribution in [0.5, 0.6) is 0 Å². The summed E-state index contributed by atoms with van der Waals surface area (Å²) < 4.78 is 0.565. The second-order valence-electron chi connectivity index (χ2n) is 4.27. The van der Waals surface area contributed by atoms with Crippen molar-refractivity contribution in [1.29, 1.82) is 0 Å². The highest BCUT2D eigenvalue weighted by molar-refractivity contribution is 7.18. The zero-order valence-corrected chi connectivity index (χ0v) is 12.4. The maximum atomic E-state index is 11.7. The molecule has 0 saturated carbocycles. The number of aliphatic hydroxyl groups excluding tert-OH is 1. The average molecular weight is 304 g/mol. The number of hydrogen-bond donors (Lipinski definition) is 2. The predicted octanol–water partition coefficient (Wildman–Crippen LogP) is 2.64. The second-order valence-corrected chi connectivity index (χ2v) is 5.99. The molecule has 1 unspecified atom stereocenters. The summed E-state index contributed by atoms with van der Waals surface area (Å²) in [5.41, 5.74) is 0. The van der Waals surface area contributed by atoms with E-state index in [-0.39, 0.29) is 31.1 Å². The van der Waals surface area contributed by atoms with E-state index in [1.807, 2.05) is 6.92 Å². The van der Waals surface area contributed by atoms with Crippen LogP contribution in [0.15, 0.2) is 12.1 Å². The Morgan fingerprint density at radius 3 is 2.74 bits per heavy atom. The molecule has 1 amide bonds. The van der Waals surface area contributed by atoms with Crippen molar-refractivity contribution < 1.29 is 14.7 Å². The molecular weight excluding hydrogens is 286 g/mol. The van der Waals surface area contributed by atoms with E-state index in [2.05, 4.69) is 5.32 Å². The van der Waals surface area contributed by atoms with E-state index in [1.54, 1.807) is 12.1 Å². The number of carbonyl (C=O) groups excluding carboxylic acids is 2. The van der Waals surface area contributed by atoms with Crippen LogP contribution in [-0.4, -0.2) is 29.4 Å². The summed E-state index contributed by atoms with van der Waals surface area (Å²) in [5, 5.41) is 12.1. The Morgan fingerprint density at radius 2 is 2.16 bits per heavy atom. The molecule has 0 aromatic carbocycles. The molecule has 4 nitrogen and oxygen atoms in total. The van der Waals surface area contributed by atoms with Gasteiger partial charge >= 0.3 is 0 Å². The number of Topliss-reactive ketones (excluding diaryl/α,β-unsaturated/α-hetero) is 1. The van der Waals surface area contributed by atoms with Gasteiger partial charge in [-0.15, -0.1) is 11.3 Å². The minimum absolute atomic E-state index is 0.0823. The fourth-order valence-corrected chi connectivity index (χ4v) is 2.58. The molecule has 0 saturated heterocycles. The van der Waals surface area contributed by atoms with Crippen molar-refractivity contribution in [3.05, 3.63) is 21.3 Å². The van der Waals surface area contributed by atoms with Gasteiger partial charge in [-0.3, -0.25) is 9.59 Å². The molecule has 0 bridgehead atoms. The van der Waals surface area contributed by atoms with Gasteiger partial charge in [0.1, 0.15) is 0 Å². The van der Waals surface area contributed by atoms with Gasteiger partial charge in [0.2, 0.25) is 5.91 Å². The lowest BCUT2D eigenvalue weighted by Crippen LogP contribution is -2.32. The third-order valence-electron chi connectivity index (χ3n) is 2.58. The number of nitrogens with one attached hydrogen (secondary N) is 1. The number of aliphatic hydroxyl groups is 1. The summed E-state index contributed by atoms with van der Waals surface area (Å²) in [7, 11) is 0. The Labute approximate surface area is 121 Å². The van der Waals surface area contributed by atoms with Gasteiger partial charge in [0.25, 0.3) is 0 Å². The Morgan fingerprint density at radius 1 is 1.42 bits per heavy atom. The highest BCUT2D eigenvalue weighted by Crippen LogP contribution is 2.22. The minimum Gasteiger partial charge on any atom is -0.391 e. The highest BCUT2D eigenvalue weighted by Gasteiger charge is 2.12. The van der Waals surface area contributed by atoms with Crippen molar-refractivity contribution in [2.24, 2.45) is 0 Å². The summed E-state index contributed by atoms with van der Waals surface area (Å²) in [6.07, 6.45) is 1.31. The van der Waals surface area contributed by atoms with Crippen LogP contribution >= 0.6 is 22.9 Å². The number of amides is 1. The predicted molar refractivity (Wildman–Crippen MR) is 76.8 cm³/mol. The van der Waals surface area contributed by atoms with Gasteiger partial charge in [-0.1, -0.05) is 24.9 Å². The molecule has 0 aliphatic heterocycles. The molecule has 1 rings (SSSR count). The molecule has 0 fully saturated rings. The Bertz CT molecular complexity index is 433. The summed E-state index contributed by atoms with van der Waals surface area (Å²) in [5.74, 6) is -0.299. The monoisotopic (exact) mass is 303 g/mol. The van der Waals surface area contributed by atoms with Crippen molar-refractivity contribution in [2.45, 2.75) is 38.7 Å². The molecule has 1 heterocycles. The fraction of sp³-hybridized carbons (Fsp3) is 0.538. The third kappa shape index (κ3) is 6.18. The molecule has 1 atom stereocenters. The largest absolute Gasteiger partial charge is 0.391 e. The SMILES string of the molecule is CCCC(O)CNC(=O)CCC(=O)c1ccc(Cl)s1. The van der Waals surface area contributed by atoms with Crippen molar-refractivity contribution in [3.63, 3.8) is 0 Å². The second kappa shape index (κ2) is 8.30. The molecule has 0 aliphatic rings. The molecule has 6 heteroatoms. The van der Waals surface area contributed by atoms with E-state index < -0.39 is 6.10 Å². The fourth-order valence-electron chi connectivity index (χ4n) is 1.57. The first-order valence-corrected chi connectivity index (χ1v) is 7.45. The smallest absolute Gasteiger partial charge is 0.220 e. The summed E-state index contributed by atoms with van der Waals surface area (Å²) in [6, 6.07) is 3.33. The lowest BCUT2D eigenvalue weighted by molar-refractivity contribution is -0.121. The molecule has 2 N–H and O–H groups in total. The Hall–Kier alpha value is -0.910. The van der Waals surface area contributed by atoms with Gasteiger partial charge in [0, 0.05) is 19.4 Å². The van der Waals surface area contributed by atoms with E-state index >= 15 is 0 Å². The van der Waals surface area contributed by atoms with E-state index in [9.17, 15) is 14.7 Å². The van der Waals surface area contributed by atoms with Crippen LogP contribution in [0.3, 0.4) is 0 Å². The van der Waals surface area contributed by atoms with Crippen molar-refractivity contribution in [1.82, 2.24) is 5.32 Å². The first kappa shape index (κ1) is 16.1. The number of ketones is 1. The van der Waals surface area contributed by atoms with Crippen LogP contribution in [0.2, 0.25) is 4.34 Å². The third-order valence-corrected chi connectivity index (χ3v) is 3.86. The number of thiophene rings is 1. The first-order chi connectivity index (χ1) is 9.02. The summed E-state index contributed by atoms with van der Waals surface area (Å²) in [4.78, 5) is 23.8. The Kier molecular flexibility index (Phi) is 7.05. The quantitative estimate of drug-likeness (QED) is 0.726. The maximum absolute atomic E-state index is 11.7. The maximum Gasteiger partial charge on any atom is 0.220 e. The number of halogens is 1. The molecule has 0 spiro atoms. The topological polar surface area (TPSA) is 66.4 Å². The van der Waals surface area contributed by atoms with Gasteiger partial charge in [-0.05, 0) is 18.6 Å². The minimum atomic E-state index is -0.513. The molecule has 106 valence electrons. The lowest BCUT2D eigenvalue weighted by Gasteiger charge is -2.10. The van der Waals surface area contributed by atoms with E-state index in [0.29, 0.717) is 15.6 Å². The van der Waals surface area contributed by atoms with Crippen LogP contribution in [0, 0.1) is 0 Å². The molecular formula is C13H18ClNO3S. The summed E-state index contributed by atoms with van der Waals surface area (Å²) >= 11 is 6.96. The van der Waals surface area contributed by atoms with Crippen molar-refractivity contribution in [3.8, 4) is 0 Å². The van der Waals surface area contributed by atoms with Gasteiger partial charge in [-0.25, -0.2) is 0 Å². The number of hydrogen-bond acceptors (Lipinski definition) is 4. The average Bonchev–Trinajstić information content (AvgIpc) is 2.80. The van der Waals surface area contributed by atoms with E-state index in [0.717, 1.165) is 6.42 Å². The molecule has 1 aromatic heterocycles. The number of carbonyl (C=O) groups is 2. The van der Waals surface area contributed by atoms with Crippen LogP contribution in [0.4, 0.5) is 0 Å². The van der Waals surface area contributed by atoms with E-state index in [1.165, 1.54) is 11.3 Å².